The van der Waals surface area contributed by atoms with Crippen LogP contribution in [0.4, 0.5) is 5.69 Å². The summed E-state index contributed by atoms with van der Waals surface area (Å²) in [6.45, 7) is 5.58. The lowest BCUT2D eigenvalue weighted by Crippen LogP contribution is -2.36. The van der Waals surface area contributed by atoms with Crippen LogP contribution in [0.2, 0.25) is 0 Å². The number of amides is 1. The molecule has 0 aromatic heterocycles. The number of carbonyl (C=O) groups is 1. The molecule has 0 saturated carbocycles. The number of rotatable bonds is 9. The van der Waals surface area contributed by atoms with Gasteiger partial charge in [0.1, 0.15) is 0 Å². The van der Waals surface area contributed by atoms with Gasteiger partial charge in [-0.1, -0.05) is 26.0 Å². The average Bonchev–Trinajstić information content (AvgIpc) is 2.45. The SMILES string of the molecule is CC(C)c1ccc(NC(=O)CN(CCO)CCCO)cc1. The van der Waals surface area contributed by atoms with Crippen LogP contribution in [0.3, 0.4) is 0 Å². The molecule has 0 aliphatic rings. The van der Waals surface area contributed by atoms with Gasteiger partial charge in [0.2, 0.25) is 5.91 Å². The van der Waals surface area contributed by atoms with Crippen molar-refractivity contribution in [3.8, 4) is 0 Å². The Morgan fingerprint density at radius 2 is 1.81 bits per heavy atom. The molecule has 0 aliphatic carbocycles. The van der Waals surface area contributed by atoms with Crippen LogP contribution >= 0.6 is 0 Å². The lowest BCUT2D eigenvalue weighted by molar-refractivity contribution is -0.117. The minimum atomic E-state index is -0.112. The molecule has 1 amide bonds. The summed E-state index contributed by atoms with van der Waals surface area (Å²) in [7, 11) is 0. The highest BCUT2D eigenvalue weighted by molar-refractivity contribution is 5.92. The minimum Gasteiger partial charge on any atom is -0.396 e. The highest BCUT2D eigenvalue weighted by Gasteiger charge is 2.10. The molecular weight excluding hydrogens is 268 g/mol. The first-order valence-electron chi connectivity index (χ1n) is 7.40. The number of aliphatic hydroxyl groups is 2. The van der Waals surface area contributed by atoms with Crippen LogP contribution in [0, 0.1) is 0 Å². The summed E-state index contributed by atoms with van der Waals surface area (Å²) in [6, 6.07) is 7.82. The number of anilines is 1. The van der Waals surface area contributed by atoms with E-state index < -0.39 is 0 Å². The first kappa shape index (κ1) is 17.6. The van der Waals surface area contributed by atoms with Gasteiger partial charge in [-0.25, -0.2) is 0 Å². The highest BCUT2D eigenvalue weighted by atomic mass is 16.3. The van der Waals surface area contributed by atoms with Gasteiger partial charge in [0.15, 0.2) is 0 Å². The lowest BCUT2D eigenvalue weighted by Gasteiger charge is -2.20. The highest BCUT2D eigenvalue weighted by Crippen LogP contribution is 2.17. The van der Waals surface area contributed by atoms with Crippen molar-refractivity contribution in [3.63, 3.8) is 0 Å². The second-order valence-corrected chi connectivity index (χ2v) is 5.40. The third-order valence-electron chi connectivity index (χ3n) is 3.28. The molecule has 5 heteroatoms. The van der Waals surface area contributed by atoms with Gasteiger partial charge in [-0.15, -0.1) is 0 Å². The predicted molar refractivity (Wildman–Crippen MR) is 84.4 cm³/mol. The summed E-state index contributed by atoms with van der Waals surface area (Å²) < 4.78 is 0. The van der Waals surface area contributed by atoms with Gasteiger partial charge in [0.05, 0.1) is 13.2 Å². The maximum absolute atomic E-state index is 12.0. The van der Waals surface area contributed by atoms with E-state index in [0.717, 1.165) is 5.69 Å². The molecule has 0 aliphatic heterocycles. The van der Waals surface area contributed by atoms with Gasteiger partial charge in [-0.3, -0.25) is 9.69 Å². The number of nitrogens with one attached hydrogen (secondary N) is 1. The Morgan fingerprint density at radius 3 is 2.33 bits per heavy atom. The largest absolute Gasteiger partial charge is 0.396 e. The van der Waals surface area contributed by atoms with E-state index in [4.69, 9.17) is 10.2 Å². The molecule has 1 aromatic rings. The molecule has 0 spiro atoms. The van der Waals surface area contributed by atoms with Crippen molar-refractivity contribution in [1.29, 1.82) is 0 Å². The minimum absolute atomic E-state index is 0.00178. The molecule has 1 rings (SSSR count). The monoisotopic (exact) mass is 294 g/mol. The lowest BCUT2D eigenvalue weighted by atomic mass is 10.0. The van der Waals surface area contributed by atoms with Crippen molar-refractivity contribution in [1.82, 2.24) is 4.90 Å². The molecule has 118 valence electrons. The third-order valence-corrected chi connectivity index (χ3v) is 3.28. The maximum Gasteiger partial charge on any atom is 0.238 e. The van der Waals surface area contributed by atoms with E-state index in [0.29, 0.717) is 25.4 Å². The number of benzene rings is 1. The van der Waals surface area contributed by atoms with Crippen LogP contribution in [-0.4, -0.2) is 53.9 Å². The van der Waals surface area contributed by atoms with E-state index in [1.807, 2.05) is 29.2 Å². The zero-order valence-electron chi connectivity index (χ0n) is 12.9. The molecule has 0 bridgehead atoms. The van der Waals surface area contributed by atoms with Crippen molar-refractivity contribution in [2.75, 3.05) is 38.2 Å². The molecule has 5 nitrogen and oxygen atoms in total. The van der Waals surface area contributed by atoms with E-state index in [9.17, 15) is 4.79 Å². The van der Waals surface area contributed by atoms with Gasteiger partial charge in [0, 0.05) is 25.4 Å². The van der Waals surface area contributed by atoms with Crippen LogP contribution in [-0.2, 0) is 4.79 Å². The van der Waals surface area contributed by atoms with E-state index in [-0.39, 0.29) is 25.7 Å². The Bertz CT molecular complexity index is 418. The van der Waals surface area contributed by atoms with E-state index in [1.165, 1.54) is 5.56 Å². The predicted octanol–water partition coefficient (Wildman–Crippen LogP) is 1.43. The Labute approximate surface area is 126 Å². The zero-order chi connectivity index (χ0) is 15.7. The van der Waals surface area contributed by atoms with Gasteiger partial charge in [-0.05, 0) is 30.0 Å². The number of carbonyl (C=O) groups excluding carboxylic acids is 1. The molecule has 0 saturated heterocycles. The summed E-state index contributed by atoms with van der Waals surface area (Å²) in [5.41, 5.74) is 2.01. The third kappa shape index (κ3) is 6.71. The van der Waals surface area contributed by atoms with Crippen molar-refractivity contribution in [2.24, 2.45) is 0 Å². The average molecular weight is 294 g/mol. The molecule has 0 heterocycles. The molecule has 0 unspecified atom stereocenters. The summed E-state index contributed by atoms with van der Waals surface area (Å²) in [6.07, 6.45) is 0.594. The molecular formula is C16H26N2O3. The Morgan fingerprint density at radius 1 is 1.14 bits per heavy atom. The van der Waals surface area contributed by atoms with Gasteiger partial charge in [0.25, 0.3) is 0 Å². The number of hydrogen-bond acceptors (Lipinski definition) is 4. The van der Waals surface area contributed by atoms with Crippen LogP contribution in [0.15, 0.2) is 24.3 Å². The second-order valence-electron chi connectivity index (χ2n) is 5.40. The second kappa shape index (κ2) is 9.50. The smallest absolute Gasteiger partial charge is 0.238 e. The first-order valence-corrected chi connectivity index (χ1v) is 7.40. The van der Waals surface area contributed by atoms with E-state index >= 15 is 0 Å². The molecule has 3 N–H and O–H groups in total. The molecule has 0 atom stereocenters. The maximum atomic E-state index is 12.0. The normalized spacial score (nSPS) is 11.1. The van der Waals surface area contributed by atoms with E-state index in [1.54, 1.807) is 0 Å². The van der Waals surface area contributed by atoms with Crippen molar-refractivity contribution in [3.05, 3.63) is 29.8 Å². The number of nitrogens with zero attached hydrogens (tertiary/aromatic N) is 1. The molecule has 1 aromatic carbocycles. The van der Waals surface area contributed by atoms with Crippen molar-refractivity contribution in [2.45, 2.75) is 26.2 Å². The quantitative estimate of drug-likeness (QED) is 0.644. The van der Waals surface area contributed by atoms with Crippen molar-refractivity contribution < 1.29 is 15.0 Å². The summed E-state index contributed by atoms with van der Waals surface area (Å²) in [5, 5.41) is 20.7. The van der Waals surface area contributed by atoms with Crippen molar-refractivity contribution >= 4 is 11.6 Å². The Kier molecular flexibility index (Phi) is 7.97. The molecule has 0 radical (unpaired) electrons. The first-order chi connectivity index (χ1) is 10.1. The van der Waals surface area contributed by atoms with Gasteiger partial charge >= 0.3 is 0 Å². The summed E-state index contributed by atoms with van der Waals surface area (Å²) >= 11 is 0. The number of aliphatic hydroxyl groups excluding tert-OH is 2. The fraction of sp³-hybridized carbons (Fsp3) is 0.562. The van der Waals surface area contributed by atoms with Gasteiger partial charge < -0.3 is 15.5 Å². The summed E-state index contributed by atoms with van der Waals surface area (Å²) in [5.74, 6) is 0.354. The van der Waals surface area contributed by atoms with Crippen LogP contribution in [0.5, 0.6) is 0 Å². The molecule has 21 heavy (non-hydrogen) atoms. The summed E-state index contributed by atoms with van der Waals surface area (Å²) in [4.78, 5) is 13.8. The zero-order valence-corrected chi connectivity index (χ0v) is 12.9. The fourth-order valence-electron chi connectivity index (χ4n) is 2.06. The van der Waals surface area contributed by atoms with Gasteiger partial charge in [-0.2, -0.15) is 0 Å². The van der Waals surface area contributed by atoms with Crippen LogP contribution in [0.25, 0.3) is 0 Å². The Hall–Kier alpha value is -1.43. The van der Waals surface area contributed by atoms with E-state index in [2.05, 4.69) is 19.2 Å². The molecule has 0 fully saturated rings. The standard InChI is InChI=1S/C16H26N2O3/c1-13(2)14-4-6-15(7-5-14)17-16(21)12-18(9-11-20)8-3-10-19/h4-7,13,19-20H,3,8-12H2,1-2H3,(H,17,21). The Balaban J connectivity index is 2.50. The van der Waals surface area contributed by atoms with Crippen LogP contribution in [0.1, 0.15) is 31.7 Å². The fourth-order valence-corrected chi connectivity index (χ4v) is 2.06. The number of hydrogen-bond donors (Lipinski definition) is 3. The topological polar surface area (TPSA) is 72.8 Å². The van der Waals surface area contributed by atoms with Crippen LogP contribution < -0.4 is 5.32 Å².